The van der Waals surface area contributed by atoms with Crippen molar-refractivity contribution in [3.05, 3.63) is 53.6 Å². The van der Waals surface area contributed by atoms with Gasteiger partial charge in [0.25, 0.3) is 0 Å². The van der Waals surface area contributed by atoms with Crippen molar-refractivity contribution >= 4 is 22.9 Å². The molecule has 3 nitrogen and oxygen atoms in total. The van der Waals surface area contributed by atoms with E-state index < -0.39 is 0 Å². The Kier molecular flexibility index (Phi) is 2.61. The summed E-state index contributed by atoms with van der Waals surface area (Å²) in [7, 11) is 0. The highest BCUT2D eigenvalue weighted by Crippen LogP contribution is 2.38. The molecule has 1 aromatic heterocycles. The zero-order chi connectivity index (χ0) is 14.4. The summed E-state index contributed by atoms with van der Waals surface area (Å²) in [5.74, 6) is 1.15. The van der Waals surface area contributed by atoms with Crippen molar-refractivity contribution in [1.29, 1.82) is 0 Å². The van der Waals surface area contributed by atoms with Crippen molar-refractivity contribution in [3.63, 3.8) is 0 Å². The zero-order valence-corrected chi connectivity index (χ0v) is 11.8. The van der Waals surface area contributed by atoms with Crippen LogP contribution in [0.25, 0.3) is 28.6 Å². The van der Waals surface area contributed by atoms with Crippen LogP contribution < -0.4 is 5.73 Å². The Morgan fingerprint density at radius 1 is 1.24 bits per heavy atom. The second-order valence-electron chi connectivity index (χ2n) is 5.59. The molecule has 3 aromatic rings. The fourth-order valence-electron chi connectivity index (χ4n) is 3.04. The molecular formula is C18H16N2O. The predicted molar refractivity (Wildman–Crippen MR) is 85.9 cm³/mol. The Balaban J connectivity index is 1.95. The van der Waals surface area contributed by atoms with E-state index in [-0.39, 0.29) is 0 Å². The first-order valence-electron chi connectivity index (χ1n) is 7.18. The minimum atomic E-state index is 0.473. The SMILES string of the molecule is CC1CC=Cc2cccc(-c3nc4ccc(N)cc4o3)c21. The van der Waals surface area contributed by atoms with Crippen LogP contribution in [0.5, 0.6) is 0 Å². The standard InChI is InChI=1S/C18H16N2O/c1-11-4-2-5-12-6-3-7-14(17(11)12)18-20-15-9-8-13(19)10-16(15)21-18/h2-3,5-11H,4,19H2,1H3. The molecule has 1 heterocycles. The van der Waals surface area contributed by atoms with Crippen LogP contribution in [0.15, 0.2) is 46.9 Å². The minimum Gasteiger partial charge on any atom is -0.436 e. The van der Waals surface area contributed by atoms with Crippen LogP contribution in [0, 0.1) is 0 Å². The summed E-state index contributed by atoms with van der Waals surface area (Å²) in [5.41, 5.74) is 11.7. The summed E-state index contributed by atoms with van der Waals surface area (Å²) >= 11 is 0. The molecule has 0 spiro atoms. The smallest absolute Gasteiger partial charge is 0.227 e. The van der Waals surface area contributed by atoms with Gasteiger partial charge in [-0.1, -0.05) is 31.2 Å². The average molecular weight is 276 g/mol. The molecule has 21 heavy (non-hydrogen) atoms. The van der Waals surface area contributed by atoms with E-state index in [0.29, 0.717) is 17.5 Å². The quantitative estimate of drug-likeness (QED) is 0.661. The Bertz CT molecular complexity index is 861. The van der Waals surface area contributed by atoms with E-state index in [4.69, 9.17) is 10.2 Å². The van der Waals surface area contributed by atoms with Gasteiger partial charge in [-0.2, -0.15) is 0 Å². The first-order chi connectivity index (χ1) is 10.2. The van der Waals surface area contributed by atoms with Crippen molar-refractivity contribution in [2.75, 3.05) is 5.73 Å². The van der Waals surface area contributed by atoms with Crippen molar-refractivity contribution < 1.29 is 4.42 Å². The van der Waals surface area contributed by atoms with Gasteiger partial charge in [0.1, 0.15) is 5.52 Å². The number of nitrogens with two attached hydrogens (primary N) is 1. The molecular weight excluding hydrogens is 260 g/mol. The number of rotatable bonds is 1. The van der Waals surface area contributed by atoms with E-state index in [2.05, 4.69) is 42.3 Å². The van der Waals surface area contributed by atoms with E-state index in [0.717, 1.165) is 23.1 Å². The van der Waals surface area contributed by atoms with Gasteiger partial charge in [0.15, 0.2) is 5.58 Å². The molecule has 0 saturated heterocycles. The summed E-state index contributed by atoms with van der Waals surface area (Å²) in [6.45, 7) is 2.24. The first kappa shape index (κ1) is 12.2. The van der Waals surface area contributed by atoms with Crippen LogP contribution in [0.1, 0.15) is 30.4 Å². The number of aromatic nitrogens is 1. The molecule has 0 aliphatic heterocycles. The molecule has 1 aliphatic carbocycles. The lowest BCUT2D eigenvalue weighted by Crippen LogP contribution is -2.02. The first-order valence-corrected chi connectivity index (χ1v) is 7.18. The lowest BCUT2D eigenvalue weighted by molar-refractivity contribution is 0.617. The maximum Gasteiger partial charge on any atom is 0.227 e. The molecule has 1 atom stereocenters. The Morgan fingerprint density at radius 2 is 2.14 bits per heavy atom. The van der Waals surface area contributed by atoms with E-state index in [1.54, 1.807) is 0 Å². The highest BCUT2D eigenvalue weighted by atomic mass is 16.3. The Morgan fingerprint density at radius 3 is 3.05 bits per heavy atom. The van der Waals surface area contributed by atoms with E-state index in [1.165, 1.54) is 11.1 Å². The topological polar surface area (TPSA) is 52.0 Å². The molecule has 4 rings (SSSR count). The van der Waals surface area contributed by atoms with E-state index >= 15 is 0 Å². The normalized spacial score (nSPS) is 17.1. The fraction of sp³-hybridized carbons (Fsp3) is 0.167. The highest BCUT2D eigenvalue weighted by Gasteiger charge is 2.20. The van der Waals surface area contributed by atoms with E-state index in [1.807, 2.05) is 18.2 Å². The van der Waals surface area contributed by atoms with Gasteiger partial charge in [-0.05, 0) is 41.7 Å². The summed E-state index contributed by atoms with van der Waals surface area (Å²) in [4.78, 5) is 4.62. The molecule has 1 aliphatic rings. The number of allylic oxidation sites excluding steroid dienone is 1. The number of fused-ring (bicyclic) bond motifs is 2. The lowest BCUT2D eigenvalue weighted by atomic mass is 9.85. The van der Waals surface area contributed by atoms with Crippen molar-refractivity contribution in [2.45, 2.75) is 19.3 Å². The van der Waals surface area contributed by atoms with E-state index in [9.17, 15) is 0 Å². The monoisotopic (exact) mass is 276 g/mol. The van der Waals surface area contributed by atoms with Crippen LogP contribution >= 0.6 is 0 Å². The number of hydrogen-bond acceptors (Lipinski definition) is 3. The third kappa shape index (κ3) is 1.93. The molecule has 0 bridgehead atoms. The van der Waals surface area contributed by atoms with Crippen molar-refractivity contribution in [2.24, 2.45) is 0 Å². The molecule has 2 aromatic carbocycles. The maximum atomic E-state index is 5.93. The second kappa shape index (κ2) is 4.48. The van der Waals surface area contributed by atoms with Crippen LogP contribution in [0.4, 0.5) is 5.69 Å². The third-order valence-corrected chi connectivity index (χ3v) is 4.06. The van der Waals surface area contributed by atoms with Crippen molar-refractivity contribution in [1.82, 2.24) is 4.98 Å². The lowest BCUT2D eigenvalue weighted by Gasteiger charge is -2.20. The van der Waals surface area contributed by atoms with Gasteiger partial charge >= 0.3 is 0 Å². The van der Waals surface area contributed by atoms with Crippen LogP contribution in [-0.4, -0.2) is 4.98 Å². The molecule has 3 heteroatoms. The number of nitrogens with zero attached hydrogens (tertiary/aromatic N) is 1. The average Bonchev–Trinajstić information content (AvgIpc) is 2.90. The molecule has 0 fully saturated rings. The highest BCUT2D eigenvalue weighted by molar-refractivity contribution is 5.81. The van der Waals surface area contributed by atoms with Gasteiger partial charge in [0, 0.05) is 17.3 Å². The fourth-order valence-corrected chi connectivity index (χ4v) is 3.04. The Hall–Kier alpha value is -2.55. The predicted octanol–water partition coefficient (Wildman–Crippen LogP) is 4.60. The van der Waals surface area contributed by atoms with Gasteiger partial charge in [-0.3, -0.25) is 0 Å². The van der Waals surface area contributed by atoms with Crippen LogP contribution in [0.3, 0.4) is 0 Å². The maximum absolute atomic E-state index is 5.93. The number of benzene rings is 2. The molecule has 0 radical (unpaired) electrons. The largest absolute Gasteiger partial charge is 0.436 e. The molecule has 104 valence electrons. The van der Waals surface area contributed by atoms with Gasteiger partial charge in [-0.15, -0.1) is 0 Å². The molecule has 2 N–H and O–H groups in total. The van der Waals surface area contributed by atoms with Gasteiger partial charge in [0.05, 0.1) is 0 Å². The van der Waals surface area contributed by atoms with Crippen LogP contribution in [0.2, 0.25) is 0 Å². The van der Waals surface area contributed by atoms with Gasteiger partial charge < -0.3 is 10.2 Å². The molecule has 0 saturated carbocycles. The summed E-state index contributed by atoms with van der Waals surface area (Å²) in [6, 6.07) is 11.9. The molecule has 1 unspecified atom stereocenters. The second-order valence-corrected chi connectivity index (χ2v) is 5.59. The zero-order valence-electron chi connectivity index (χ0n) is 11.8. The Labute approximate surface area is 123 Å². The van der Waals surface area contributed by atoms with Crippen LogP contribution in [-0.2, 0) is 0 Å². The number of anilines is 1. The number of oxazole rings is 1. The molecule has 0 amide bonds. The number of nitrogen functional groups attached to an aromatic ring is 1. The number of hydrogen-bond donors (Lipinski definition) is 1. The summed E-state index contributed by atoms with van der Waals surface area (Å²) in [5, 5.41) is 0. The minimum absolute atomic E-state index is 0.473. The van der Waals surface area contributed by atoms with Gasteiger partial charge in [-0.25, -0.2) is 4.98 Å². The van der Waals surface area contributed by atoms with Gasteiger partial charge in [0.2, 0.25) is 5.89 Å². The summed E-state index contributed by atoms with van der Waals surface area (Å²) in [6.07, 6.45) is 5.46. The van der Waals surface area contributed by atoms with Crippen molar-refractivity contribution in [3.8, 4) is 11.5 Å². The third-order valence-electron chi connectivity index (χ3n) is 4.06. The summed E-state index contributed by atoms with van der Waals surface area (Å²) < 4.78 is 5.93.